The number of hydrogen-bond donors (Lipinski definition) is 1. The van der Waals surface area contributed by atoms with Gasteiger partial charge in [-0.1, -0.05) is 29.8 Å². The molecule has 2 aromatic rings. The molecule has 0 bridgehead atoms. The van der Waals surface area contributed by atoms with E-state index in [4.69, 9.17) is 0 Å². The minimum absolute atomic E-state index is 0.0198. The number of hydrogen-bond acceptors (Lipinski definition) is 3. The molecular weight excluding hydrogens is 238 g/mol. The highest BCUT2D eigenvalue weighted by Gasteiger charge is 2.28. The topological polar surface area (TPSA) is 50.9 Å². The Kier molecular flexibility index (Phi) is 3.34. The van der Waals surface area contributed by atoms with Gasteiger partial charge in [0.15, 0.2) is 5.82 Å². The zero-order valence-corrected chi connectivity index (χ0v) is 11.2. The summed E-state index contributed by atoms with van der Waals surface area (Å²) in [6.45, 7) is 2.08. The van der Waals surface area contributed by atoms with Crippen LogP contribution in [-0.2, 0) is 19.4 Å². The van der Waals surface area contributed by atoms with Crippen molar-refractivity contribution in [2.75, 3.05) is 0 Å². The van der Waals surface area contributed by atoms with E-state index in [-0.39, 0.29) is 6.61 Å². The first-order valence-corrected chi connectivity index (χ1v) is 6.87. The van der Waals surface area contributed by atoms with Crippen molar-refractivity contribution in [1.82, 2.24) is 14.8 Å². The normalized spacial score (nSPS) is 14.8. The van der Waals surface area contributed by atoms with Gasteiger partial charge in [0.05, 0.1) is 0 Å². The smallest absolute Gasteiger partial charge is 0.159 e. The zero-order valence-electron chi connectivity index (χ0n) is 11.2. The third kappa shape index (κ3) is 2.68. The Morgan fingerprint density at radius 1 is 1.11 bits per heavy atom. The lowest BCUT2D eigenvalue weighted by Gasteiger charge is -2.07. The van der Waals surface area contributed by atoms with Gasteiger partial charge in [-0.2, -0.15) is 0 Å². The van der Waals surface area contributed by atoms with E-state index in [0.717, 1.165) is 18.7 Å². The van der Waals surface area contributed by atoms with E-state index in [9.17, 15) is 5.11 Å². The molecule has 4 nitrogen and oxygen atoms in total. The number of nitrogens with zero attached hydrogens (tertiary/aromatic N) is 3. The lowest BCUT2D eigenvalue weighted by Crippen LogP contribution is -2.07. The summed E-state index contributed by atoms with van der Waals surface area (Å²) in [7, 11) is 0. The molecule has 0 spiro atoms. The number of benzene rings is 1. The minimum Gasteiger partial charge on any atom is -0.388 e. The fourth-order valence-electron chi connectivity index (χ4n) is 2.40. The van der Waals surface area contributed by atoms with Crippen molar-refractivity contribution in [3.05, 3.63) is 47.0 Å². The van der Waals surface area contributed by atoms with Gasteiger partial charge in [-0.15, -0.1) is 10.2 Å². The molecule has 1 N–H and O–H groups in total. The number of aliphatic hydroxyl groups is 1. The van der Waals surface area contributed by atoms with Gasteiger partial charge in [-0.25, -0.2) is 0 Å². The van der Waals surface area contributed by atoms with Crippen LogP contribution in [0.25, 0.3) is 0 Å². The van der Waals surface area contributed by atoms with Crippen molar-refractivity contribution in [2.24, 2.45) is 0 Å². The molecule has 1 aliphatic carbocycles. The third-order valence-electron chi connectivity index (χ3n) is 3.65. The van der Waals surface area contributed by atoms with Crippen molar-refractivity contribution in [2.45, 2.75) is 45.3 Å². The quantitative estimate of drug-likeness (QED) is 0.893. The maximum absolute atomic E-state index is 9.30. The van der Waals surface area contributed by atoms with Gasteiger partial charge in [-0.05, 0) is 31.7 Å². The highest BCUT2D eigenvalue weighted by molar-refractivity contribution is 5.22. The van der Waals surface area contributed by atoms with Crippen molar-refractivity contribution in [3.8, 4) is 0 Å². The zero-order chi connectivity index (χ0) is 13.2. The molecule has 1 heterocycles. The van der Waals surface area contributed by atoms with Crippen LogP contribution in [0.3, 0.4) is 0 Å². The summed E-state index contributed by atoms with van der Waals surface area (Å²) in [5, 5.41) is 17.6. The number of aliphatic hydroxyl groups excluding tert-OH is 1. The second kappa shape index (κ2) is 5.13. The molecule has 19 heavy (non-hydrogen) atoms. The summed E-state index contributed by atoms with van der Waals surface area (Å²) in [5.74, 6) is 1.72. The molecule has 0 atom stereocenters. The van der Waals surface area contributed by atoms with Gasteiger partial charge in [0.2, 0.25) is 0 Å². The largest absolute Gasteiger partial charge is 0.388 e. The van der Waals surface area contributed by atoms with E-state index in [2.05, 4.69) is 46.0 Å². The SMILES string of the molecule is Cc1ccc(CCc2nnc(CO)n2C2CC2)cc1. The predicted molar refractivity (Wildman–Crippen MR) is 72.8 cm³/mol. The molecule has 100 valence electrons. The van der Waals surface area contributed by atoms with E-state index >= 15 is 0 Å². The van der Waals surface area contributed by atoms with Crippen LogP contribution in [0.15, 0.2) is 24.3 Å². The number of aromatic nitrogens is 3. The second-order valence-corrected chi connectivity index (χ2v) is 5.28. The first-order valence-electron chi connectivity index (χ1n) is 6.87. The Morgan fingerprint density at radius 3 is 2.42 bits per heavy atom. The minimum atomic E-state index is -0.0198. The monoisotopic (exact) mass is 257 g/mol. The molecule has 1 aromatic heterocycles. The molecule has 1 saturated carbocycles. The molecule has 0 saturated heterocycles. The van der Waals surface area contributed by atoms with Crippen LogP contribution in [0.2, 0.25) is 0 Å². The summed E-state index contributed by atoms with van der Waals surface area (Å²) >= 11 is 0. The fraction of sp³-hybridized carbons (Fsp3) is 0.467. The van der Waals surface area contributed by atoms with Gasteiger partial charge in [0, 0.05) is 12.5 Å². The first-order chi connectivity index (χ1) is 9.28. The van der Waals surface area contributed by atoms with E-state index in [1.807, 2.05) is 0 Å². The van der Waals surface area contributed by atoms with Crippen LogP contribution in [-0.4, -0.2) is 19.9 Å². The summed E-state index contributed by atoms with van der Waals surface area (Å²) in [6, 6.07) is 9.13. The highest BCUT2D eigenvalue weighted by Crippen LogP contribution is 2.36. The lowest BCUT2D eigenvalue weighted by atomic mass is 10.1. The Morgan fingerprint density at radius 2 is 1.79 bits per heavy atom. The summed E-state index contributed by atoms with van der Waals surface area (Å²) < 4.78 is 2.13. The van der Waals surface area contributed by atoms with E-state index in [0.29, 0.717) is 11.9 Å². The summed E-state index contributed by atoms with van der Waals surface area (Å²) in [6.07, 6.45) is 4.22. The molecular formula is C15H19N3O. The average molecular weight is 257 g/mol. The molecule has 0 aliphatic heterocycles. The van der Waals surface area contributed by atoms with E-state index in [1.165, 1.54) is 24.0 Å². The van der Waals surface area contributed by atoms with Crippen LogP contribution in [0, 0.1) is 6.92 Å². The average Bonchev–Trinajstić information content (AvgIpc) is 3.18. The maximum atomic E-state index is 9.30. The van der Waals surface area contributed by atoms with Gasteiger partial charge in [0.25, 0.3) is 0 Å². The van der Waals surface area contributed by atoms with Gasteiger partial charge in [-0.3, -0.25) is 0 Å². The third-order valence-corrected chi connectivity index (χ3v) is 3.65. The molecule has 1 aromatic carbocycles. The van der Waals surface area contributed by atoms with Crippen LogP contribution in [0.5, 0.6) is 0 Å². The molecule has 0 radical (unpaired) electrons. The lowest BCUT2D eigenvalue weighted by molar-refractivity contribution is 0.264. The van der Waals surface area contributed by atoms with Gasteiger partial charge >= 0.3 is 0 Å². The van der Waals surface area contributed by atoms with Crippen molar-refractivity contribution < 1.29 is 5.11 Å². The fourth-order valence-corrected chi connectivity index (χ4v) is 2.40. The first kappa shape index (κ1) is 12.4. The predicted octanol–water partition coefficient (Wildman–Crippen LogP) is 2.20. The molecule has 0 amide bonds. The van der Waals surface area contributed by atoms with Crippen LogP contribution < -0.4 is 0 Å². The molecule has 1 aliphatic rings. The van der Waals surface area contributed by atoms with Gasteiger partial charge in [0.1, 0.15) is 12.4 Å². The molecule has 4 heteroatoms. The van der Waals surface area contributed by atoms with Gasteiger partial charge < -0.3 is 9.67 Å². The Labute approximate surface area is 113 Å². The number of aryl methyl sites for hydroxylation is 3. The molecule has 0 unspecified atom stereocenters. The standard InChI is InChI=1S/C15H19N3O/c1-11-2-4-12(5-3-11)6-9-14-16-17-15(10-19)18(14)13-7-8-13/h2-5,13,19H,6-10H2,1H3. The van der Waals surface area contributed by atoms with Crippen LogP contribution >= 0.6 is 0 Å². The summed E-state index contributed by atoms with van der Waals surface area (Å²) in [4.78, 5) is 0. The van der Waals surface area contributed by atoms with Crippen LogP contribution in [0.1, 0.15) is 41.7 Å². The van der Waals surface area contributed by atoms with Crippen molar-refractivity contribution in [3.63, 3.8) is 0 Å². The second-order valence-electron chi connectivity index (χ2n) is 5.28. The van der Waals surface area contributed by atoms with E-state index < -0.39 is 0 Å². The van der Waals surface area contributed by atoms with E-state index in [1.54, 1.807) is 0 Å². The Balaban J connectivity index is 1.73. The molecule has 1 fully saturated rings. The Bertz CT molecular complexity index is 555. The van der Waals surface area contributed by atoms with Crippen LogP contribution in [0.4, 0.5) is 0 Å². The number of rotatable bonds is 5. The van der Waals surface area contributed by atoms with Crippen molar-refractivity contribution >= 4 is 0 Å². The maximum Gasteiger partial charge on any atom is 0.159 e. The summed E-state index contributed by atoms with van der Waals surface area (Å²) in [5.41, 5.74) is 2.61. The highest BCUT2D eigenvalue weighted by atomic mass is 16.3. The Hall–Kier alpha value is -1.68. The molecule has 3 rings (SSSR count). The van der Waals surface area contributed by atoms with Crippen molar-refractivity contribution in [1.29, 1.82) is 0 Å².